The summed E-state index contributed by atoms with van der Waals surface area (Å²) in [6.45, 7) is 3.29. The Morgan fingerprint density at radius 1 is 1.46 bits per heavy atom. The van der Waals surface area contributed by atoms with Crippen molar-refractivity contribution in [1.82, 2.24) is 5.32 Å². The molecule has 1 atom stereocenters. The fraction of sp³-hybridized carbons (Fsp3) is 0.429. The number of alkyl halides is 3. The predicted molar refractivity (Wildman–Crippen MR) is 77.5 cm³/mol. The zero-order chi connectivity index (χ0) is 18.3. The average Bonchev–Trinajstić information content (AvgIpc) is 2.80. The van der Waals surface area contributed by atoms with Gasteiger partial charge in [-0.25, -0.2) is 0 Å². The first kappa shape index (κ1) is 17.9. The Kier molecular flexibility index (Phi) is 4.36. The molecule has 0 aromatic heterocycles. The third-order valence-electron chi connectivity index (χ3n) is 3.90. The lowest BCUT2D eigenvalue weighted by Crippen LogP contribution is -2.50. The molecule has 0 amide bonds. The first-order valence-corrected chi connectivity index (χ1v) is 6.85. The molecule has 1 heterocycles. The van der Waals surface area contributed by atoms with Crippen molar-refractivity contribution in [3.8, 4) is 0 Å². The summed E-state index contributed by atoms with van der Waals surface area (Å²) in [5, 5.41) is 13.7. The molecule has 1 saturated heterocycles. The predicted octanol–water partition coefficient (Wildman–Crippen LogP) is 1.90. The van der Waals surface area contributed by atoms with Gasteiger partial charge >= 0.3 is 6.18 Å². The third kappa shape index (κ3) is 3.09. The molecule has 0 aliphatic carbocycles. The van der Waals surface area contributed by atoms with Crippen LogP contribution in [0.5, 0.6) is 0 Å². The van der Waals surface area contributed by atoms with Crippen molar-refractivity contribution < 1.29 is 27.7 Å². The van der Waals surface area contributed by atoms with E-state index in [4.69, 9.17) is 0 Å². The van der Waals surface area contributed by atoms with Gasteiger partial charge in [-0.3, -0.25) is 25.0 Å². The van der Waals surface area contributed by atoms with Crippen LogP contribution in [0.2, 0.25) is 0 Å². The van der Waals surface area contributed by atoms with Crippen LogP contribution in [-0.4, -0.2) is 35.2 Å². The number of anilines is 1. The summed E-state index contributed by atoms with van der Waals surface area (Å²) in [6.07, 6.45) is -4.81. The van der Waals surface area contributed by atoms with Crippen LogP contribution in [0.15, 0.2) is 18.2 Å². The summed E-state index contributed by atoms with van der Waals surface area (Å²) < 4.78 is 39.3. The van der Waals surface area contributed by atoms with E-state index in [0.29, 0.717) is 6.07 Å². The molecule has 0 saturated carbocycles. The van der Waals surface area contributed by atoms with Gasteiger partial charge in [-0.05, 0) is 26.0 Å². The Labute approximate surface area is 134 Å². The van der Waals surface area contributed by atoms with Gasteiger partial charge in [-0.1, -0.05) is 0 Å². The van der Waals surface area contributed by atoms with E-state index < -0.39 is 39.7 Å². The van der Waals surface area contributed by atoms with Crippen LogP contribution in [0.3, 0.4) is 0 Å². The molecule has 24 heavy (non-hydrogen) atoms. The molecular formula is C14H14F3N3O4. The molecule has 1 aliphatic heterocycles. The molecular weight excluding hydrogens is 331 g/mol. The summed E-state index contributed by atoms with van der Waals surface area (Å²) in [5.74, 6) is -0.795. The van der Waals surface area contributed by atoms with Gasteiger partial charge in [0.15, 0.2) is 6.29 Å². The van der Waals surface area contributed by atoms with E-state index in [-0.39, 0.29) is 18.6 Å². The van der Waals surface area contributed by atoms with E-state index in [9.17, 15) is 32.9 Å². The highest BCUT2D eigenvalue weighted by molar-refractivity contribution is 6.28. The van der Waals surface area contributed by atoms with Gasteiger partial charge in [0.05, 0.1) is 11.6 Å². The number of benzene rings is 1. The van der Waals surface area contributed by atoms with Crippen molar-refractivity contribution in [2.24, 2.45) is 0 Å². The maximum absolute atomic E-state index is 13.1. The van der Waals surface area contributed by atoms with Crippen LogP contribution in [0, 0.1) is 10.1 Å². The molecule has 1 aliphatic rings. The van der Waals surface area contributed by atoms with Crippen LogP contribution < -0.4 is 10.2 Å². The highest BCUT2D eigenvalue weighted by atomic mass is 19.4. The second kappa shape index (κ2) is 5.86. The lowest BCUT2D eigenvalue weighted by atomic mass is 9.92. The number of hydrogen-bond donors (Lipinski definition) is 1. The van der Waals surface area contributed by atoms with Gasteiger partial charge < -0.3 is 4.90 Å². The number of Topliss-reactive ketones (excluding diaryl/α,β-unsaturated/α-hetero) is 1. The first-order chi connectivity index (χ1) is 11.0. The molecule has 130 valence electrons. The van der Waals surface area contributed by atoms with Gasteiger partial charge in [-0.2, -0.15) is 13.2 Å². The fourth-order valence-electron chi connectivity index (χ4n) is 2.77. The number of nitrogens with one attached hydrogen (secondary N) is 1. The maximum atomic E-state index is 13.1. The van der Waals surface area contributed by atoms with Crippen LogP contribution >= 0.6 is 0 Å². The van der Waals surface area contributed by atoms with Gasteiger partial charge in [0.2, 0.25) is 5.78 Å². The number of hydrogen-bond acceptors (Lipinski definition) is 6. The Hall–Kier alpha value is -2.49. The second-order valence-electron chi connectivity index (χ2n) is 5.91. The highest BCUT2D eigenvalue weighted by Gasteiger charge is 2.46. The number of ketones is 1. The van der Waals surface area contributed by atoms with Crippen molar-refractivity contribution in [3.63, 3.8) is 0 Å². The van der Waals surface area contributed by atoms with Crippen LogP contribution in [0.25, 0.3) is 0 Å². The van der Waals surface area contributed by atoms with E-state index in [1.807, 2.05) is 0 Å². The molecule has 2 rings (SSSR count). The summed E-state index contributed by atoms with van der Waals surface area (Å²) in [4.78, 5) is 33.7. The molecule has 7 nitrogen and oxygen atoms in total. The van der Waals surface area contributed by atoms with E-state index in [2.05, 4.69) is 5.32 Å². The van der Waals surface area contributed by atoms with Gasteiger partial charge in [0.1, 0.15) is 11.6 Å². The molecule has 1 aromatic rings. The van der Waals surface area contributed by atoms with E-state index in [1.54, 1.807) is 13.8 Å². The fourth-order valence-corrected chi connectivity index (χ4v) is 2.77. The monoisotopic (exact) mass is 345 g/mol. The van der Waals surface area contributed by atoms with Crippen molar-refractivity contribution in [3.05, 3.63) is 33.9 Å². The van der Waals surface area contributed by atoms with Crippen molar-refractivity contribution >= 4 is 23.4 Å². The van der Waals surface area contributed by atoms with Crippen LogP contribution in [0.1, 0.15) is 19.4 Å². The van der Waals surface area contributed by atoms with Crippen molar-refractivity contribution in [2.75, 3.05) is 11.6 Å². The lowest BCUT2D eigenvalue weighted by molar-refractivity contribution is -0.388. The minimum atomic E-state index is -4.93. The second-order valence-corrected chi connectivity index (χ2v) is 5.91. The van der Waals surface area contributed by atoms with Gasteiger partial charge in [0.25, 0.3) is 5.69 Å². The highest BCUT2D eigenvalue weighted by Crippen LogP contribution is 2.39. The molecule has 0 radical (unpaired) electrons. The topological polar surface area (TPSA) is 92.5 Å². The summed E-state index contributed by atoms with van der Waals surface area (Å²) in [7, 11) is 0. The van der Waals surface area contributed by atoms with Gasteiger partial charge in [-0.15, -0.1) is 0 Å². The lowest BCUT2D eigenvalue weighted by Gasteiger charge is -2.30. The van der Waals surface area contributed by atoms with Crippen molar-refractivity contribution in [2.45, 2.75) is 31.6 Å². The molecule has 1 aromatic carbocycles. The number of halogens is 3. The van der Waals surface area contributed by atoms with Crippen LogP contribution in [0.4, 0.5) is 24.5 Å². The Morgan fingerprint density at radius 3 is 2.58 bits per heavy atom. The number of aldehydes is 1. The standard InChI is InChI=1S/C14H14F3N3O4/c1-13(2)12(11(22)6-21)19(7-18-13)8-3-4-10(20(23)24)9(5-8)14(15,16)17/h3-6,12,18H,7H2,1-2H3. The average molecular weight is 345 g/mol. The third-order valence-corrected chi connectivity index (χ3v) is 3.90. The SMILES string of the molecule is CC1(C)NCN(c2ccc([N+](=O)[O-])c(C(F)(F)F)c2)C1C(=O)C=O. The minimum absolute atomic E-state index is 0.0202. The van der Waals surface area contributed by atoms with Crippen molar-refractivity contribution in [1.29, 1.82) is 0 Å². The number of rotatable bonds is 4. The largest absolute Gasteiger partial charge is 0.423 e. The Balaban J connectivity index is 2.54. The smallest absolute Gasteiger partial charge is 0.346 e. The van der Waals surface area contributed by atoms with Gasteiger partial charge in [0, 0.05) is 17.3 Å². The van der Waals surface area contributed by atoms with E-state index in [0.717, 1.165) is 12.1 Å². The molecule has 0 spiro atoms. The van der Waals surface area contributed by atoms with E-state index >= 15 is 0 Å². The molecule has 1 fully saturated rings. The number of nitro benzene ring substituents is 1. The summed E-state index contributed by atoms with van der Waals surface area (Å²) >= 11 is 0. The number of nitro groups is 1. The van der Waals surface area contributed by atoms with Crippen LogP contribution in [-0.2, 0) is 15.8 Å². The molecule has 1 N–H and O–H groups in total. The zero-order valence-corrected chi connectivity index (χ0v) is 12.8. The minimum Gasteiger partial charge on any atom is -0.346 e. The summed E-state index contributed by atoms with van der Waals surface area (Å²) in [5.41, 5.74) is -3.37. The normalized spacial score (nSPS) is 20.0. The Bertz CT molecular complexity index is 703. The quantitative estimate of drug-likeness (QED) is 0.388. The number of carbonyl (C=O) groups excluding carboxylic acids is 2. The summed E-state index contributed by atoms with van der Waals surface area (Å²) in [6, 6.07) is 1.47. The first-order valence-electron chi connectivity index (χ1n) is 6.85. The Morgan fingerprint density at radius 2 is 2.08 bits per heavy atom. The molecule has 10 heteroatoms. The molecule has 0 bridgehead atoms. The maximum Gasteiger partial charge on any atom is 0.423 e. The number of nitrogens with zero attached hydrogens (tertiary/aromatic N) is 2. The van der Waals surface area contributed by atoms with E-state index in [1.165, 1.54) is 4.90 Å². The zero-order valence-electron chi connectivity index (χ0n) is 12.8. The number of carbonyl (C=O) groups is 2. The molecule has 1 unspecified atom stereocenters.